The summed E-state index contributed by atoms with van der Waals surface area (Å²) in [6.45, 7) is 4.04. The van der Waals surface area contributed by atoms with Gasteiger partial charge in [-0.15, -0.1) is 0 Å². The van der Waals surface area contributed by atoms with Crippen LogP contribution in [0, 0.1) is 0 Å². The zero-order valence-corrected chi connectivity index (χ0v) is 21.3. The number of benzene rings is 1. The summed E-state index contributed by atoms with van der Waals surface area (Å²) in [4.78, 5) is 18.2. The molecule has 3 heterocycles. The van der Waals surface area contributed by atoms with Crippen molar-refractivity contribution in [2.24, 2.45) is 0 Å². The minimum absolute atomic E-state index is 0.103. The molecular formula is C26H31ClN6O2. The minimum atomic E-state index is -0.263. The van der Waals surface area contributed by atoms with Gasteiger partial charge in [-0.05, 0) is 50.7 Å². The number of ether oxygens (including phenoxy) is 1. The lowest BCUT2D eigenvalue weighted by atomic mass is 9.85. The van der Waals surface area contributed by atoms with Crippen LogP contribution in [0.25, 0.3) is 11.3 Å². The molecule has 1 aliphatic carbocycles. The van der Waals surface area contributed by atoms with E-state index in [0.717, 1.165) is 54.1 Å². The van der Waals surface area contributed by atoms with Gasteiger partial charge in [0.1, 0.15) is 5.75 Å². The maximum absolute atomic E-state index is 9.93. The fraction of sp³-hybridized carbons (Fsp3) is 0.423. The molecule has 5 rings (SSSR count). The molecule has 0 radical (unpaired) electrons. The maximum atomic E-state index is 9.93. The van der Waals surface area contributed by atoms with Crippen molar-refractivity contribution in [2.75, 3.05) is 51.1 Å². The number of fused-ring (bicyclic) bond motifs is 1. The molecule has 1 atom stereocenters. The van der Waals surface area contributed by atoms with E-state index in [2.05, 4.69) is 52.2 Å². The summed E-state index contributed by atoms with van der Waals surface area (Å²) in [7, 11) is 5.83. The van der Waals surface area contributed by atoms with E-state index >= 15 is 0 Å². The highest BCUT2D eigenvalue weighted by atomic mass is 35.5. The molecule has 1 fully saturated rings. The van der Waals surface area contributed by atoms with Gasteiger partial charge in [0.2, 0.25) is 5.95 Å². The van der Waals surface area contributed by atoms with E-state index in [4.69, 9.17) is 21.3 Å². The zero-order valence-electron chi connectivity index (χ0n) is 20.5. The molecule has 1 unspecified atom stereocenters. The van der Waals surface area contributed by atoms with Gasteiger partial charge in [0.05, 0.1) is 35.8 Å². The Hall–Kier alpha value is -2.94. The number of aryl methyl sites for hydroxylation is 1. The number of likely N-dealkylation sites (N-methyl/N-ethyl adjacent to an activating group) is 1. The smallest absolute Gasteiger partial charge is 0.227 e. The largest absolute Gasteiger partial charge is 0.494 e. The summed E-state index contributed by atoms with van der Waals surface area (Å²) >= 11 is 6.66. The van der Waals surface area contributed by atoms with Crippen LogP contribution in [0.5, 0.6) is 5.75 Å². The summed E-state index contributed by atoms with van der Waals surface area (Å²) in [5, 5.41) is 13.8. The van der Waals surface area contributed by atoms with E-state index in [-0.39, 0.29) is 12.0 Å². The van der Waals surface area contributed by atoms with Gasteiger partial charge < -0.3 is 25.0 Å². The van der Waals surface area contributed by atoms with Crippen molar-refractivity contribution < 1.29 is 9.84 Å². The van der Waals surface area contributed by atoms with Gasteiger partial charge in [0.15, 0.2) is 0 Å². The second kappa shape index (κ2) is 9.26. The minimum Gasteiger partial charge on any atom is -0.494 e. The molecule has 184 valence electrons. The lowest BCUT2D eigenvalue weighted by molar-refractivity contribution is 0.206. The molecule has 8 nitrogen and oxygen atoms in total. The van der Waals surface area contributed by atoms with Gasteiger partial charge in [-0.3, -0.25) is 4.98 Å². The Kier molecular flexibility index (Phi) is 6.29. The first-order chi connectivity index (χ1) is 16.8. The van der Waals surface area contributed by atoms with Crippen LogP contribution < -0.4 is 15.0 Å². The molecule has 0 saturated carbocycles. The van der Waals surface area contributed by atoms with Crippen molar-refractivity contribution in [3.63, 3.8) is 0 Å². The molecule has 2 aromatic heterocycles. The second-order valence-corrected chi connectivity index (χ2v) is 10.3. The highest BCUT2D eigenvalue weighted by Gasteiger charge is 2.35. The summed E-state index contributed by atoms with van der Waals surface area (Å²) in [5.74, 6) is 1.11. The molecule has 1 aliphatic heterocycles. The number of nitrogens with one attached hydrogen (secondary N) is 1. The first-order valence-electron chi connectivity index (χ1n) is 11.8. The number of nitrogens with zero attached hydrogens (tertiary/aromatic N) is 5. The summed E-state index contributed by atoms with van der Waals surface area (Å²) in [6.07, 6.45) is 5.34. The standard InChI is InChI=1S/C26H31ClN6O2/c1-26(15-34)7-5-21-18(26)9-16(12-29-21)20-6-8-28-25(30-20)31-22-10-19(27)23(11-24(22)35-4)33-13-17(14-33)32(2)3/h6,8-12,17,34H,5,7,13-15H2,1-4H3,(H,28,30,31). The average Bonchev–Trinajstić information content (AvgIpc) is 3.16. The van der Waals surface area contributed by atoms with Crippen LogP contribution in [-0.4, -0.2) is 71.9 Å². The number of pyridine rings is 1. The molecular weight excluding hydrogens is 464 g/mol. The summed E-state index contributed by atoms with van der Waals surface area (Å²) in [5.41, 5.74) is 5.18. The maximum Gasteiger partial charge on any atom is 0.227 e. The quantitative estimate of drug-likeness (QED) is 0.511. The Morgan fingerprint density at radius 2 is 2.06 bits per heavy atom. The first kappa shape index (κ1) is 23.8. The van der Waals surface area contributed by atoms with Crippen LogP contribution in [0.3, 0.4) is 0 Å². The zero-order chi connectivity index (χ0) is 24.7. The molecule has 35 heavy (non-hydrogen) atoms. The number of rotatable bonds is 7. The third-order valence-electron chi connectivity index (χ3n) is 7.28. The van der Waals surface area contributed by atoms with Crippen molar-refractivity contribution in [2.45, 2.75) is 31.2 Å². The van der Waals surface area contributed by atoms with E-state index in [9.17, 15) is 5.11 Å². The average molecular weight is 495 g/mol. The molecule has 1 saturated heterocycles. The van der Waals surface area contributed by atoms with Crippen molar-refractivity contribution in [3.8, 4) is 17.0 Å². The van der Waals surface area contributed by atoms with E-state index in [1.807, 2.05) is 24.4 Å². The molecule has 2 aliphatic rings. The number of aliphatic hydroxyl groups excluding tert-OH is 1. The normalized spacial score (nSPS) is 19.6. The molecule has 2 N–H and O–H groups in total. The van der Waals surface area contributed by atoms with Crippen LogP contribution in [0.1, 0.15) is 24.6 Å². The summed E-state index contributed by atoms with van der Waals surface area (Å²) < 4.78 is 5.66. The lowest BCUT2D eigenvalue weighted by Crippen LogP contribution is -2.57. The van der Waals surface area contributed by atoms with Crippen molar-refractivity contribution in [1.82, 2.24) is 19.9 Å². The Morgan fingerprint density at radius 1 is 1.26 bits per heavy atom. The lowest BCUT2D eigenvalue weighted by Gasteiger charge is -2.44. The number of hydrogen-bond acceptors (Lipinski definition) is 8. The molecule has 3 aromatic rings. The van der Waals surface area contributed by atoms with Crippen molar-refractivity contribution in [3.05, 3.63) is 52.9 Å². The van der Waals surface area contributed by atoms with E-state index in [1.54, 1.807) is 13.3 Å². The summed E-state index contributed by atoms with van der Waals surface area (Å²) in [6, 6.07) is 8.30. The van der Waals surface area contributed by atoms with E-state index in [0.29, 0.717) is 28.4 Å². The fourth-order valence-electron chi connectivity index (χ4n) is 4.78. The van der Waals surface area contributed by atoms with Crippen LogP contribution >= 0.6 is 11.6 Å². The molecule has 1 aromatic carbocycles. The topological polar surface area (TPSA) is 86.6 Å². The van der Waals surface area contributed by atoms with Crippen molar-refractivity contribution >= 4 is 28.9 Å². The first-order valence-corrected chi connectivity index (χ1v) is 12.2. The van der Waals surface area contributed by atoms with Gasteiger partial charge in [-0.2, -0.15) is 0 Å². The van der Waals surface area contributed by atoms with Crippen LogP contribution in [0.15, 0.2) is 36.7 Å². The highest BCUT2D eigenvalue weighted by Crippen LogP contribution is 2.41. The number of aromatic nitrogens is 3. The second-order valence-electron chi connectivity index (χ2n) is 9.85. The highest BCUT2D eigenvalue weighted by molar-refractivity contribution is 6.33. The predicted molar refractivity (Wildman–Crippen MR) is 139 cm³/mol. The Bertz CT molecular complexity index is 1250. The monoisotopic (exact) mass is 494 g/mol. The van der Waals surface area contributed by atoms with Gasteiger partial charge in [-0.25, -0.2) is 9.97 Å². The van der Waals surface area contributed by atoms with Gasteiger partial charge in [-0.1, -0.05) is 18.5 Å². The molecule has 0 spiro atoms. The molecule has 0 bridgehead atoms. The number of aliphatic hydroxyl groups is 1. The van der Waals surface area contributed by atoms with Gasteiger partial charge >= 0.3 is 0 Å². The van der Waals surface area contributed by atoms with Gasteiger partial charge in [0, 0.05) is 54.3 Å². The third-order valence-corrected chi connectivity index (χ3v) is 7.59. The Labute approximate surface area is 210 Å². The van der Waals surface area contributed by atoms with E-state index in [1.165, 1.54) is 0 Å². The molecule has 0 amide bonds. The van der Waals surface area contributed by atoms with Crippen LogP contribution in [0.4, 0.5) is 17.3 Å². The van der Waals surface area contributed by atoms with Gasteiger partial charge in [0.25, 0.3) is 0 Å². The van der Waals surface area contributed by atoms with Crippen molar-refractivity contribution in [1.29, 1.82) is 0 Å². The number of halogens is 1. The predicted octanol–water partition coefficient (Wildman–Crippen LogP) is 3.89. The fourth-order valence-corrected chi connectivity index (χ4v) is 5.06. The number of anilines is 3. The third kappa shape index (κ3) is 4.42. The molecule has 9 heteroatoms. The van der Waals surface area contributed by atoms with Crippen LogP contribution in [-0.2, 0) is 11.8 Å². The number of methoxy groups -OCH3 is 1. The van der Waals surface area contributed by atoms with Crippen LogP contribution in [0.2, 0.25) is 5.02 Å². The number of hydrogen-bond donors (Lipinski definition) is 2. The Balaban J connectivity index is 1.40. The SMILES string of the molecule is COc1cc(N2CC(N(C)C)C2)c(Cl)cc1Nc1nccc(-c2cnc3c(c2)C(C)(CO)CC3)n1. The van der Waals surface area contributed by atoms with E-state index < -0.39 is 0 Å². The Morgan fingerprint density at radius 3 is 2.77 bits per heavy atom.